The maximum Gasteiger partial charge on any atom is 0.261 e. The fraction of sp³-hybridized carbons (Fsp3) is 0.400. The normalized spacial score (nSPS) is 14.4. The lowest BCUT2D eigenvalue weighted by Gasteiger charge is -2.15. The van der Waals surface area contributed by atoms with E-state index in [4.69, 9.17) is 17.2 Å². The first kappa shape index (κ1) is 22.4. The number of benzene rings is 2. The van der Waals surface area contributed by atoms with E-state index in [1.165, 1.54) is 10.5 Å². The number of hydrogen-bond acceptors (Lipinski definition) is 3. The van der Waals surface area contributed by atoms with Gasteiger partial charge in [0.25, 0.3) is 5.56 Å². The third kappa shape index (κ3) is 5.72. The summed E-state index contributed by atoms with van der Waals surface area (Å²) in [5.41, 5.74) is 2.99. The second kappa shape index (κ2) is 10.7. The van der Waals surface area contributed by atoms with E-state index in [1.54, 1.807) is 0 Å². The van der Waals surface area contributed by atoms with Gasteiger partial charge in [-0.15, -0.1) is 0 Å². The highest BCUT2D eigenvalue weighted by Gasteiger charge is 2.14. The molecule has 2 heterocycles. The molecule has 0 saturated carbocycles. The van der Waals surface area contributed by atoms with Gasteiger partial charge in [0.2, 0.25) is 0 Å². The summed E-state index contributed by atoms with van der Waals surface area (Å²) in [7, 11) is 2.21. The summed E-state index contributed by atoms with van der Waals surface area (Å²) in [6, 6.07) is 16.3. The Morgan fingerprint density at radius 2 is 2.00 bits per heavy atom. The van der Waals surface area contributed by atoms with Gasteiger partial charge in [-0.2, -0.15) is 0 Å². The lowest BCUT2D eigenvalue weighted by atomic mass is 10.2. The van der Waals surface area contributed by atoms with Gasteiger partial charge in [-0.25, -0.2) is 4.98 Å². The molecule has 0 radical (unpaired) electrons. The maximum atomic E-state index is 13.0. The molecule has 1 aliphatic heterocycles. The van der Waals surface area contributed by atoms with Crippen molar-refractivity contribution in [1.82, 2.24) is 14.9 Å². The number of aryl methyl sites for hydroxylation is 1. The molecular weight excluding hydrogens is 418 g/mol. The quantitative estimate of drug-likeness (QED) is 0.381. The number of nitrogens with one attached hydrogen (secondary N) is 3. The molecule has 3 aromatic rings. The van der Waals surface area contributed by atoms with Crippen LogP contribution in [0.1, 0.15) is 37.1 Å². The van der Waals surface area contributed by atoms with Gasteiger partial charge in [-0.1, -0.05) is 36.8 Å². The molecule has 1 atom stereocenters. The number of quaternary nitrogens is 1. The van der Waals surface area contributed by atoms with Crippen LogP contribution in [0.2, 0.25) is 0 Å². The fourth-order valence-electron chi connectivity index (χ4n) is 4.30. The Labute approximate surface area is 194 Å². The lowest BCUT2D eigenvalue weighted by molar-refractivity contribution is -0.893. The molecular formula is C25H32N5OS+. The van der Waals surface area contributed by atoms with E-state index >= 15 is 0 Å². The van der Waals surface area contributed by atoms with Gasteiger partial charge in [0, 0.05) is 37.2 Å². The van der Waals surface area contributed by atoms with Crippen molar-refractivity contribution in [2.45, 2.75) is 45.2 Å². The van der Waals surface area contributed by atoms with Crippen molar-refractivity contribution in [1.29, 1.82) is 0 Å². The highest BCUT2D eigenvalue weighted by Crippen LogP contribution is 2.18. The number of rotatable bonds is 7. The second-order valence-corrected chi connectivity index (χ2v) is 9.04. The van der Waals surface area contributed by atoms with Gasteiger partial charge in [0.05, 0.1) is 24.5 Å². The van der Waals surface area contributed by atoms with Crippen LogP contribution in [-0.2, 0) is 19.5 Å². The van der Waals surface area contributed by atoms with Gasteiger partial charge in [-0.3, -0.25) is 9.36 Å². The molecule has 0 fully saturated rings. The molecule has 1 aromatic heterocycles. The summed E-state index contributed by atoms with van der Waals surface area (Å²) in [6.45, 7) is 3.65. The Kier molecular flexibility index (Phi) is 7.50. The summed E-state index contributed by atoms with van der Waals surface area (Å²) in [5.74, 6) is 0.914. The van der Waals surface area contributed by atoms with Crippen molar-refractivity contribution in [3.05, 3.63) is 70.3 Å². The molecule has 0 spiro atoms. The average molecular weight is 451 g/mol. The summed E-state index contributed by atoms with van der Waals surface area (Å²) < 4.78 is 1.85. The SMILES string of the molecule is C[NH+](CCCNC(=S)Nc1ccc2nc3n(c(=O)c2c1)CCCCC3)Cc1ccccc1. The van der Waals surface area contributed by atoms with E-state index in [2.05, 4.69) is 48.0 Å². The van der Waals surface area contributed by atoms with Gasteiger partial charge in [0.15, 0.2) is 5.11 Å². The van der Waals surface area contributed by atoms with Crippen LogP contribution in [0.25, 0.3) is 10.9 Å². The van der Waals surface area contributed by atoms with Crippen molar-refractivity contribution in [2.24, 2.45) is 0 Å². The van der Waals surface area contributed by atoms with Crippen LogP contribution in [-0.4, -0.2) is 34.8 Å². The smallest absolute Gasteiger partial charge is 0.261 e. The van der Waals surface area contributed by atoms with Crippen LogP contribution in [0.5, 0.6) is 0 Å². The molecule has 32 heavy (non-hydrogen) atoms. The van der Waals surface area contributed by atoms with Gasteiger partial charge in [0.1, 0.15) is 12.4 Å². The minimum Gasteiger partial charge on any atom is -0.362 e. The van der Waals surface area contributed by atoms with Crippen LogP contribution in [0, 0.1) is 0 Å². The summed E-state index contributed by atoms with van der Waals surface area (Å²) in [5, 5.41) is 7.72. The Hall–Kier alpha value is -2.77. The molecule has 0 saturated heterocycles. The second-order valence-electron chi connectivity index (χ2n) is 8.63. The van der Waals surface area contributed by atoms with Gasteiger partial charge >= 0.3 is 0 Å². The predicted octanol–water partition coefficient (Wildman–Crippen LogP) is 2.51. The van der Waals surface area contributed by atoms with Gasteiger partial charge in [-0.05, 0) is 43.3 Å². The standard InChI is InChI=1S/C25H31N5OS/c1-29(18-19-9-4-2-5-10-19)15-8-14-26-25(32)27-20-12-13-22-21(17-20)24(31)30-16-7-3-6-11-23(30)28-22/h2,4-5,9-10,12-13,17H,3,6-8,11,14-16,18H2,1H3,(H2,26,27,32)/p+1. The topological polar surface area (TPSA) is 63.4 Å². The van der Waals surface area contributed by atoms with Crippen LogP contribution in [0.15, 0.2) is 53.3 Å². The molecule has 168 valence electrons. The van der Waals surface area contributed by atoms with Crippen LogP contribution < -0.4 is 21.1 Å². The Morgan fingerprint density at radius 1 is 1.16 bits per heavy atom. The molecule has 3 N–H and O–H groups in total. The third-order valence-corrected chi connectivity index (χ3v) is 6.23. The van der Waals surface area contributed by atoms with Crippen molar-refractivity contribution in [2.75, 3.05) is 25.5 Å². The summed E-state index contributed by atoms with van der Waals surface area (Å²) in [6.07, 6.45) is 5.18. The van der Waals surface area contributed by atoms with E-state index in [9.17, 15) is 4.79 Å². The monoisotopic (exact) mass is 450 g/mol. The zero-order valence-corrected chi connectivity index (χ0v) is 19.5. The van der Waals surface area contributed by atoms with E-state index in [1.807, 2.05) is 22.8 Å². The predicted molar refractivity (Wildman–Crippen MR) is 134 cm³/mol. The van der Waals surface area contributed by atoms with Crippen LogP contribution >= 0.6 is 12.2 Å². The molecule has 0 aliphatic carbocycles. The summed E-state index contributed by atoms with van der Waals surface area (Å²) >= 11 is 5.46. The van der Waals surface area contributed by atoms with E-state index in [-0.39, 0.29) is 5.56 Å². The van der Waals surface area contributed by atoms with Gasteiger partial charge < -0.3 is 15.5 Å². The summed E-state index contributed by atoms with van der Waals surface area (Å²) in [4.78, 5) is 19.2. The fourth-order valence-corrected chi connectivity index (χ4v) is 4.52. The van der Waals surface area contributed by atoms with E-state index in [0.717, 1.165) is 75.3 Å². The molecule has 1 aliphatic rings. The number of hydrogen-bond donors (Lipinski definition) is 3. The Bertz CT molecular complexity index is 1130. The maximum absolute atomic E-state index is 13.0. The molecule has 6 nitrogen and oxygen atoms in total. The van der Waals surface area contributed by atoms with E-state index < -0.39 is 0 Å². The Morgan fingerprint density at radius 3 is 2.84 bits per heavy atom. The first-order valence-electron chi connectivity index (χ1n) is 11.5. The van der Waals surface area contributed by atoms with E-state index in [0.29, 0.717) is 10.5 Å². The highest BCUT2D eigenvalue weighted by atomic mass is 32.1. The third-order valence-electron chi connectivity index (χ3n) is 5.99. The minimum atomic E-state index is 0.0545. The minimum absolute atomic E-state index is 0.0545. The van der Waals surface area contributed by atoms with Crippen LogP contribution in [0.3, 0.4) is 0 Å². The van der Waals surface area contributed by atoms with Crippen molar-refractivity contribution < 1.29 is 4.90 Å². The molecule has 0 bridgehead atoms. The highest BCUT2D eigenvalue weighted by molar-refractivity contribution is 7.80. The molecule has 1 unspecified atom stereocenters. The van der Waals surface area contributed by atoms with Crippen molar-refractivity contribution in [3.63, 3.8) is 0 Å². The number of nitrogens with zero attached hydrogens (tertiary/aromatic N) is 2. The van der Waals surface area contributed by atoms with Crippen molar-refractivity contribution >= 4 is 33.9 Å². The first-order chi connectivity index (χ1) is 15.6. The Balaban J connectivity index is 1.30. The van der Waals surface area contributed by atoms with Crippen molar-refractivity contribution in [3.8, 4) is 0 Å². The molecule has 7 heteroatoms. The number of fused-ring (bicyclic) bond motifs is 2. The average Bonchev–Trinajstić information content (AvgIpc) is 3.04. The molecule has 0 amide bonds. The number of aromatic nitrogens is 2. The molecule has 2 aromatic carbocycles. The largest absolute Gasteiger partial charge is 0.362 e. The zero-order chi connectivity index (χ0) is 22.3. The first-order valence-corrected chi connectivity index (χ1v) is 11.9. The number of thiocarbonyl (C=S) groups is 1. The number of anilines is 1. The van der Waals surface area contributed by atoms with Crippen LogP contribution in [0.4, 0.5) is 5.69 Å². The molecule has 4 rings (SSSR count). The zero-order valence-electron chi connectivity index (χ0n) is 18.7. The lowest BCUT2D eigenvalue weighted by Crippen LogP contribution is -3.07.